The Morgan fingerprint density at radius 3 is 1.24 bits per heavy atom. The van der Waals surface area contributed by atoms with Crippen molar-refractivity contribution in [2.24, 2.45) is 0 Å². The molecule has 0 unspecified atom stereocenters. The minimum Gasteiger partial charge on any atom is -0.382 e. The van der Waals surface area contributed by atoms with Crippen molar-refractivity contribution in [2.75, 3.05) is 139 Å². The van der Waals surface area contributed by atoms with Crippen molar-refractivity contribution in [2.45, 2.75) is 19.8 Å². The lowest BCUT2D eigenvalue weighted by Crippen LogP contribution is -2.26. The molecule has 0 aliphatic rings. The van der Waals surface area contributed by atoms with Crippen LogP contribution in [0.25, 0.3) is 0 Å². The van der Waals surface area contributed by atoms with Crippen molar-refractivity contribution in [1.82, 2.24) is 5.32 Å². The van der Waals surface area contributed by atoms with E-state index in [2.05, 4.69) is 5.32 Å². The molecule has 0 fully saturated rings. The molecule has 1 amide bonds. The van der Waals surface area contributed by atoms with E-state index in [4.69, 9.17) is 47.4 Å². The molecule has 0 saturated heterocycles. The van der Waals surface area contributed by atoms with Crippen LogP contribution in [-0.4, -0.2) is 145 Å². The standard InChI is InChI=1S/C25H51NO11/c1-3-29-11-12-32-15-16-34-19-20-36-23-24-37-22-21-35-18-17-33-14-13-31-8-5-25(27)26-6-4-7-30-10-9-28-2/h3-24H2,1-2H3,(H,26,27). The monoisotopic (exact) mass is 541 g/mol. The zero-order chi connectivity index (χ0) is 26.9. The van der Waals surface area contributed by atoms with Crippen molar-refractivity contribution in [3.8, 4) is 0 Å². The van der Waals surface area contributed by atoms with Crippen LogP contribution in [0, 0.1) is 0 Å². The summed E-state index contributed by atoms with van der Waals surface area (Å²) < 4.78 is 53.3. The average molecular weight is 542 g/mol. The second kappa shape index (κ2) is 33.1. The number of hydrogen-bond donors (Lipinski definition) is 1. The molecule has 0 rings (SSSR count). The number of methoxy groups -OCH3 is 1. The lowest BCUT2D eigenvalue weighted by atomic mass is 10.4. The molecule has 0 saturated carbocycles. The molecule has 0 aromatic rings. The molecule has 12 nitrogen and oxygen atoms in total. The highest BCUT2D eigenvalue weighted by Crippen LogP contribution is 1.88. The maximum Gasteiger partial charge on any atom is 0.222 e. The van der Waals surface area contributed by atoms with Gasteiger partial charge >= 0.3 is 0 Å². The number of carbonyl (C=O) groups excluding carboxylic acids is 1. The summed E-state index contributed by atoms with van der Waals surface area (Å²) in [5, 5.41) is 2.83. The van der Waals surface area contributed by atoms with E-state index in [1.807, 2.05) is 6.92 Å². The van der Waals surface area contributed by atoms with Crippen LogP contribution in [0.1, 0.15) is 19.8 Å². The minimum absolute atomic E-state index is 0.0279. The van der Waals surface area contributed by atoms with Crippen LogP contribution in [-0.2, 0) is 52.2 Å². The fraction of sp³-hybridized carbons (Fsp3) is 0.960. The fourth-order valence-electron chi connectivity index (χ4n) is 2.58. The fourth-order valence-corrected chi connectivity index (χ4v) is 2.58. The van der Waals surface area contributed by atoms with Gasteiger partial charge in [0, 0.05) is 33.3 Å². The van der Waals surface area contributed by atoms with E-state index in [0.29, 0.717) is 138 Å². The zero-order valence-corrected chi connectivity index (χ0v) is 23.0. The summed E-state index contributed by atoms with van der Waals surface area (Å²) in [7, 11) is 1.63. The summed E-state index contributed by atoms with van der Waals surface area (Å²) in [6, 6.07) is 0. The van der Waals surface area contributed by atoms with Gasteiger partial charge < -0.3 is 52.7 Å². The molecule has 0 aliphatic carbocycles. The van der Waals surface area contributed by atoms with Crippen LogP contribution >= 0.6 is 0 Å². The van der Waals surface area contributed by atoms with Crippen molar-refractivity contribution >= 4 is 5.91 Å². The normalized spacial score (nSPS) is 11.3. The Hall–Kier alpha value is -0.930. The van der Waals surface area contributed by atoms with E-state index in [-0.39, 0.29) is 5.91 Å². The van der Waals surface area contributed by atoms with Crippen LogP contribution in [0.3, 0.4) is 0 Å². The topological polar surface area (TPSA) is 121 Å². The summed E-state index contributed by atoms with van der Waals surface area (Å²) in [6.45, 7) is 12.7. The van der Waals surface area contributed by atoms with E-state index >= 15 is 0 Å². The number of rotatable bonds is 32. The molecule has 1 N–H and O–H groups in total. The maximum absolute atomic E-state index is 11.7. The summed E-state index contributed by atoms with van der Waals surface area (Å²) in [5.41, 5.74) is 0. The zero-order valence-electron chi connectivity index (χ0n) is 23.0. The molecule has 37 heavy (non-hydrogen) atoms. The second-order valence-electron chi connectivity index (χ2n) is 7.54. The average Bonchev–Trinajstić information content (AvgIpc) is 2.90. The molecule has 0 bridgehead atoms. The minimum atomic E-state index is -0.0279. The third-order valence-corrected chi connectivity index (χ3v) is 4.50. The highest BCUT2D eigenvalue weighted by atomic mass is 16.6. The highest BCUT2D eigenvalue weighted by molar-refractivity contribution is 5.75. The Labute approximate surface area is 222 Å². The number of carbonyl (C=O) groups is 1. The third-order valence-electron chi connectivity index (χ3n) is 4.50. The summed E-state index contributed by atoms with van der Waals surface area (Å²) in [6.07, 6.45) is 1.11. The first-order chi connectivity index (χ1) is 18.3. The smallest absolute Gasteiger partial charge is 0.222 e. The van der Waals surface area contributed by atoms with E-state index in [9.17, 15) is 4.79 Å². The highest BCUT2D eigenvalue weighted by Gasteiger charge is 2.01. The van der Waals surface area contributed by atoms with Crippen molar-refractivity contribution in [3.05, 3.63) is 0 Å². The SMILES string of the molecule is CCOCCOCCOCCOCCOCCOCCOCCOCCC(=O)NCCCOCCOC. The van der Waals surface area contributed by atoms with E-state index in [1.165, 1.54) is 0 Å². The van der Waals surface area contributed by atoms with Gasteiger partial charge in [-0.05, 0) is 13.3 Å². The molecule has 0 aromatic heterocycles. The van der Waals surface area contributed by atoms with Gasteiger partial charge in [-0.1, -0.05) is 0 Å². The van der Waals surface area contributed by atoms with Gasteiger partial charge in [0.25, 0.3) is 0 Å². The van der Waals surface area contributed by atoms with Gasteiger partial charge in [0.1, 0.15) is 0 Å². The molecular weight excluding hydrogens is 490 g/mol. The van der Waals surface area contributed by atoms with E-state index in [0.717, 1.165) is 6.42 Å². The predicted octanol–water partition coefficient (Wildman–Crippen LogP) is 0.699. The van der Waals surface area contributed by atoms with Crippen molar-refractivity contribution < 1.29 is 52.2 Å². The number of nitrogens with one attached hydrogen (secondary N) is 1. The van der Waals surface area contributed by atoms with Crippen LogP contribution in [0.4, 0.5) is 0 Å². The van der Waals surface area contributed by atoms with Gasteiger partial charge in [-0.15, -0.1) is 0 Å². The molecular formula is C25H51NO11. The summed E-state index contributed by atoms with van der Waals surface area (Å²) >= 11 is 0. The van der Waals surface area contributed by atoms with Crippen LogP contribution < -0.4 is 5.32 Å². The van der Waals surface area contributed by atoms with Crippen LogP contribution in [0.15, 0.2) is 0 Å². The van der Waals surface area contributed by atoms with Gasteiger partial charge in [0.2, 0.25) is 5.91 Å². The van der Waals surface area contributed by atoms with Gasteiger partial charge in [0.15, 0.2) is 0 Å². The van der Waals surface area contributed by atoms with E-state index in [1.54, 1.807) is 7.11 Å². The molecule has 222 valence electrons. The lowest BCUT2D eigenvalue weighted by molar-refractivity contribution is -0.122. The Morgan fingerprint density at radius 1 is 0.486 bits per heavy atom. The summed E-state index contributed by atoms with van der Waals surface area (Å²) in [5.74, 6) is -0.0279. The quantitative estimate of drug-likeness (QED) is 0.121. The molecule has 12 heteroatoms. The molecule has 0 spiro atoms. The van der Waals surface area contributed by atoms with Crippen molar-refractivity contribution in [3.63, 3.8) is 0 Å². The Kier molecular flexibility index (Phi) is 32.3. The Bertz CT molecular complexity index is 447. The lowest BCUT2D eigenvalue weighted by Gasteiger charge is -2.09. The van der Waals surface area contributed by atoms with Gasteiger partial charge in [-0.3, -0.25) is 4.79 Å². The molecule has 0 heterocycles. The Balaban J connectivity index is 3.10. The Morgan fingerprint density at radius 2 is 0.838 bits per heavy atom. The first kappa shape index (κ1) is 36.1. The molecule has 0 aromatic carbocycles. The first-order valence-electron chi connectivity index (χ1n) is 13.3. The maximum atomic E-state index is 11.7. The summed E-state index contributed by atoms with van der Waals surface area (Å²) in [4.78, 5) is 11.7. The van der Waals surface area contributed by atoms with E-state index < -0.39 is 0 Å². The van der Waals surface area contributed by atoms with Crippen LogP contribution in [0.5, 0.6) is 0 Å². The number of hydrogen-bond acceptors (Lipinski definition) is 11. The van der Waals surface area contributed by atoms with Crippen LogP contribution in [0.2, 0.25) is 0 Å². The largest absolute Gasteiger partial charge is 0.382 e. The van der Waals surface area contributed by atoms with Gasteiger partial charge in [0.05, 0.1) is 112 Å². The predicted molar refractivity (Wildman–Crippen MR) is 137 cm³/mol. The molecule has 0 atom stereocenters. The van der Waals surface area contributed by atoms with Gasteiger partial charge in [-0.2, -0.15) is 0 Å². The number of amides is 1. The first-order valence-corrected chi connectivity index (χ1v) is 13.3. The molecule has 0 aliphatic heterocycles. The van der Waals surface area contributed by atoms with Crippen molar-refractivity contribution in [1.29, 1.82) is 0 Å². The third kappa shape index (κ3) is 33.0. The van der Waals surface area contributed by atoms with Gasteiger partial charge in [-0.25, -0.2) is 0 Å². The molecule has 0 radical (unpaired) electrons. The second-order valence-corrected chi connectivity index (χ2v) is 7.54. The number of ether oxygens (including phenoxy) is 10.